The Bertz CT molecular complexity index is 1200. The van der Waals surface area contributed by atoms with Gasteiger partial charge in [-0.3, -0.25) is 4.79 Å². The van der Waals surface area contributed by atoms with Crippen molar-refractivity contribution >= 4 is 55.1 Å². The third kappa shape index (κ3) is 3.86. The van der Waals surface area contributed by atoms with Crippen molar-refractivity contribution in [3.05, 3.63) is 55.9 Å². The third-order valence-electron chi connectivity index (χ3n) is 4.81. The van der Waals surface area contributed by atoms with E-state index in [4.69, 9.17) is 14.9 Å². The maximum atomic E-state index is 12.7. The number of hydrogen-bond donors (Lipinski definition) is 1. The van der Waals surface area contributed by atoms with E-state index in [1.54, 1.807) is 19.1 Å². The fourth-order valence-electron chi connectivity index (χ4n) is 3.50. The molecule has 0 spiro atoms. The van der Waals surface area contributed by atoms with E-state index in [0.29, 0.717) is 16.1 Å². The van der Waals surface area contributed by atoms with Gasteiger partial charge in [0.15, 0.2) is 0 Å². The molecule has 0 saturated heterocycles. The lowest BCUT2D eigenvalue weighted by atomic mass is 9.95. The van der Waals surface area contributed by atoms with Crippen LogP contribution in [0.5, 0.6) is 0 Å². The second-order valence-corrected chi connectivity index (χ2v) is 8.73. The first-order valence-electron chi connectivity index (χ1n) is 9.37. The summed E-state index contributed by atoms with van der Waals surface area (Å²) in [4.78, 5) is 30.4. The number of aryl methyl sites for hydroxylation is 1. The lowest BCUT2D eigenvalue weighted by molar-refractivity contribution is 0.0526. The summed E-state index contributed by atoms with van der Waals surface area (Å²) < 4.78 is 12.0. The molecule has 29 heavy (non-hydrogen) atoms. The van der Waals surface area contributed by atoms with Crippen LogP contribution in [0.25, 0.3) is 11.0 Å². The zero-order valence-electron chi connectivity index (χ0n) is 15.8. The van der Waals surface area contributed by atoms with Crippen molar-refractivity contribution in [2.24, 2.45) is 10.7 Å². The summed E-state index contributed by atoms with van der Waals surface area (Å²) in [7, 11) is 0. The SMILES string of the molecule is CCOC(=O)c1c(N=c2oc3ccc(Br)cc3cc2C(N)=O)sc2c1CCCC2. The van der Waals surface area contributed by atoms with Crippen LogP contribution in [0.2, 0.25) is 0 Å². The van der Waals surface area contributed by atoms with Crippen molar-refractivity contribution in [1.29, 1.82) is 0 Å². The maximum absolute atomic E-state index is 12.7. The number of esters is 1. The van der Waals surface area contributed by atoms with E-state index in [1.807, 2.05) is 12.1 Å². The molecule has 150 valence electrons. The summed E-state index contributed by atoms with van der Waals surface area (Å²) >= 11 is 4.86. The van der Waals surface area contributed by atoms with Crippen LogP contribution >= 0.6 is 27.3 Å². The number of halogens is 1. The fourth-order valence-corrected chi connectivity index (χ4v) is 5.12. The van der Waals surface area contributed by atoms with Gasteiger partial charge >= 0.3 is 5.97 Å². The molecule has 1 amide bonds. The van der Waals surface area contributed by atoms with Crippen LogP contribution < -0.4 is 11.3 Å². The lowest BCUT2D eigenvalue weighted by Crippen LogP contribution is -2.21. The minimum Gasteiger partial charge on any atom is -0.462 e. The van der Waals surface area contributed by atoms with Crippen LogP contribution in [0.15, 0.2) is 38.1 Å². The largest absolute Gasteiger partial charge is 0.462 e. The van der Waals surface area contributed by atoms with Gasteiger partial charge in [-0.25, -0.2) is 9.79 Å². The molecular weight excluding hydrogens is 456 g/mol. The van der Waals surface area contributed by atoms with Crippen LogP contribution in [0, 0.1) is 0 Å². The van der Waals surface area contributed by atoms with E-state index in [2.05, 4.69) is 20.9 Å². The second-order valence-electron chi connectivity index (χ2n) is 6.73. The molecule has 0 radical (unpaired) electrons. The molecule has 0 bridgehead atoms. The number of carbonyl (C=O) groups excluding carboxylic acids is 2. The number of nitrogens with zero attached hydrogens (tertiary/aromatic N) is 1. The molecular formula is C21H19BrN2O4S. The number of carbonyl (C=O) groups is 2. The van der Waals surface area contributed by atoms with Gasteiger partial charge in [-0.05, 0) is 62.4 Å². The van der Waals surface area contributed by atoms with Gasteiger partial charge in [0.1, 0.15) is 16.1 Å². The highest BCUT2D eigenvalue weighted by Gasteiger charge is 2.26. The molecule has 0 atom stereocenters. The monoisotopic (exact) mass is 474 g/mol. The van der Waals surface area contributed by atoms with Crippen LogP contribution in [0.4, 0.5) is 5.00 Å². The van der Waals surface area contributed by atoms with Gasteiger partial charge in [0.25, 0.3) is 5.91 Å². The second kappa shape index (κ2) is 8.12. The van der Waals surface area contributed by atoms with Crippen molar-refractivity contribution in [2.75, 3.05) is 6.61 Å². The average Bonchev–Trinajstić information content (AvgIpc) is 3.05. The molecule has 6 nitrogen and oxygen atoms in total. The molecule has 8 heteroatoms. The van der Waals surface area contributed by atoms with Crippen LogP contribution in [-0.4, -0.2) is 18.5 Å². The molecule has 0 aliphatic heterocycles. The topological polar surface area (TPSA) is 94.9 Å². The Morgan fingerprint density at radius 3 is 2.83 bits per heavy atom. The Hall–Kier alpha value is -2.45. The van der Waals surface area contributed by atoms with E-state index in [-0.39, 0.29) is 17.7 Å². The molecule has 2 aromatic heterocycles. The highest BCUT2D eigenvalue weighted by Crippen LogP contribution is 2.40. The smallest absolute Gasteiger partial charge is 0.341 e. The van der Waals surface area contributed by atoms with E-state index < -0.39 is 11.9 Å². The molecule has 1 aliphatic rings. The van der Waals surface area contributed by atoms with Crippen LogP contribution in [0.3, 0.4) is 0 Å². The minimum absolute atomic E-state index is 0.0940. The van der Waals surface area contributed by atoms with Crippen molar-refractivity contribution in [1.82, 2.24) is 0 Å². The summed E-state index contributed by atoms with van der Waals surface area (Å²) in [6, 6.07) is 7.12. The molecule has 1 aromatic carbocycles. The van der Waals surface area contributed by atoms with Gasteiger partial charge in [0, 0.05) is 14.7 Å². The third-order valence-corrected chi connectivity index (χ3v) is 6.49. The molecule has 3 aromatic rings. The first-order chi connectivity index (χ1) is 14.0. The Morgan fingerprint density at radius 1 is 1.28 bits per heavy atom. The van der Waals surface area contributed by atoms with Gasteiger partial charge in [-0.2, -0.15) is 0 Å². The Labute approximate surface area is 179 Å². The number of rotatable bonds is 4. The minimum atomic E-state index is -0.645. The lowest BCUT2D eigenvalue weighted by Gasteiger charge is -2.11. The Balaban J connectivity index is 1.96. The molecule has 1 aliphatic carbocycles. The predicted octanol–water partition coefficient (Wildman–Crippen LogP) is 4.64. The average molecular weight is 475 g/mol. The summed E-state index contributed by atoms with van der Waals surface area (Å²) in [5.41, 5.74) is 7.89. The number of thiophene rings is 1. The van der Waals surface area contributed by atoms with Crippen LogP contribution in [-0.2, 0) is 17.6 Å². The normalized spacial score (nSPS) is 14.1. The summed E-state index contributed by atoms with van der Waals surface area (Å²) in [5, 5.41) is 1.22. The maximum Gasteiger partial charge on any atom is 0.341 e. The van der Waals surface area contributed by atoms with Gasteiger partial charge in [-0.15, -0.1) is 11.3 Å². The number of primary amides is 1. The first-order valence-corrected chi connectivity index (χ1v) is 11.0. The van der Waals surface area contributed by atoms with Crippen LogP contribution in [0.1, 0.15) is 50.9 Å². The molecule has 0 unspecified atom stereocenters. The van der Waals surface area contributed by atoms with Gasteiger partial charge in [-0.1, -0.05) is 15.9 Å². The Morgan fingerprint density at radius 2 is 2.07 bits per heavy atom. The van der Waals surface area contributed by atoms with Crippen molar-refractivity contribution in [3.63, 3.8) is 0 Å². The quantitative estimate of drug-likeness (QED) is 0.556. The van der Waals surface area contributed by atoms with Gasteiger partial charge in [0.05, 0.1) is 12.2 Å². The molecule has 0 fully saturated rings. The molecule has 2 N–H and O–H groups in total. The summed E-state index contributed by atoms with van der Waals surface area (Å²) in [5.74, 6) is -1.04. The number of fused-ring (bicyclic) bond motifs is 2. The first kappa shape index (κ1) is 19.8. The standard InChI is InChI=1S/C21H19BrN2O4S/c1-2-27-21(26)17-13-5-3-4-6-16(13)29-20(17)24-19-14(18(23)25)10-11-9-12(22)7-8-15(11)28-19/h7-10H,2-6H2,1H3,(H2,23,25). The van der Waals surface area contributed by atoms with E-state index in [1.165, 1.54) is 11.3 Å². The van der Waals surface area contributed by atoms with Gasteiger partial charge in [0.2, 0.25) is 5.55 Å². The number of hydrogen-bond acceptors (Lipinski definition) is 6. The van der Waals surface area contributed by atoms with E-state index in [9.17, 15) is 9.59 Å². The molecule has 0 saturated carbocycles. The summed E-state index contributed by atoms with van der Waals surface area (Å²) in [6.07, 6.45) is 3.84. The van der Waals surface area contributed by atoms with Gasteiger partial charge < -0.3 is 14.9 Å². The zero-order valence-corrected chi connectivity index (χ0v) is 18.2. The fraction of sp³-hybridized carbons (Fsp3) is 0.286. The number of benzene rings is 1. The predicted molar refractivity (Wildman–Crippen MR) is 115 cm³/mol. The number of nitrogens with two attached hydrogens (primary N) is 1. The number of ether oxygens (including phenoxy) is 1. The van der Waals surface area contributed by atoms with E-state index >= 15 is 0 Å². The highest BCUT2D eigenvalue weighted by molar-refractivity contribution is 9.10. The van der Waals surface area contributed by atoms with Crippen molar-refractivity contribution < 1.29 is 18.7 Å². The van der Waals surface area contributed by atoms with Crippen molar-refractivity contribution in [3.8, 4) is 0 Å². The Kier molecular flexibility index (Phi) is 5.56. The molecule has 2 heterocycles. The van der Waals surface area contributed by atoms with Crippen molar-refractivity contribution in [2.45, 2.75) is 32.6 Å². The highest BCUT2D eigenvalue weighted by atomic mass is 79.9. The molecule has 4 rings (SSSR count). The number of amides is 1. The summed E-state index contributed by atoms with van der Waals surface area (Å²) in [6.45, 7) is 2.06. The van der Waals surface area contributed by atoms with E-state index in [0.717, 1.165) is 46.0 Å². The zero-order chi connectivity index (χ0) is 20.5.